The van der Waals surface area contributed by atoms with E-state index in [-0.39, 0.29) is 17.6 Å². The van der Waals surface area contributed by atoms with Gasteiger partial charge in [0.1, 0.15) is 5.78 Å². The van der Waals surface area contributed by atoms with Gasteiger partial charge in [0.15, 0.2) is 0 Å². The Kier molecular flexibility index (Phi) is 5.00. The number of carbonyl (C=O) groups excluding carboxylic acids is 2. The molecule has 1 atom stereocenters. The van der Waals surface area contributed by atoms with E-state index in [1.54, 1.807) is 13.1 Å². The Morgan fingerprint density at radius 3 is 2.50 bits per heavy atom. The van der Waals surface area contributed by atoms with E-state index < -0.39 is 0 Å². The maximum atomic E-state index is 11.1. The second-order valence-corrected chi connectivity index (χ2v) is 2.74. The molecular weight excluding hydrogens is 154 g/mol. The van der Waals surface area contributed by atoms with Gasteiger partial charge in [0, 0.05) is 19.4 Å². The quantitative estimate of drug-likeness (QED) is 0.621. The van der Waals surface area contributed by atoms with Gasteiger partial charge in [-0.2, -0.15) is 0 Å². The van der Waals surface area contributed by atoms with E-state index in [4.69, 9.17) is 0 Å². The summed E-state index contributed by atoms with van der Waals surface area (Å²) in [7, 11) is 1.57. The summed E-state index contributed by atoms with van der Waals surface area (Å²) in [5.41, 5.74) is 0. The van der Waals surface area contributed by atoms with Gasteiger partial charge in [-0.05, 0) is 13.3 Å². The summed E-state index contributed by atoms with van der Waals surface area (Å²) in [5, 5.41) is 2.52. The SMILES string of the molecule is C=CCC(CC(C)=O)C(=O)NC. The number of ketones is 1. The zero-order valence-electron chi connectivity index (χ0n) is 7.59. The van der Waals surface area contributed by atoms with Gasteiger partial charge in [0.2, 0.25) is 5.91 Å². The molecule has 3 heteroatoms. The van der Waals surface area contributed by atoms with E-state index in [9.17, 15) is 9.59 Å². The molecule has 0 heterocycles. The van der Waals surface area contributed by atoms with Crippen molar-refractivity contribution < 1.29 is 9.59 Å². The highest BCUT2D eigenvalue weighted by Gasteiger charge is 2.16. The topological polar surface area (TPSA) is 46.2 Å². The third-order valence-electron chi connectivity index (χ3n) is 1.60. The molecule has 0 aromatic carbocycles. The van der Waals surface area contributed by atoms with Gasteiger partial charge in [-0.1, -0.05) is 6.08 Å². The standard InChI is InChI=1S/C9H15NO2/c1-4-5-8(6-7(2)11)9(12)10-3/h4,8H,1,5-6H2,2-3H3,(H,10,12). The molecule has 0 aliphatic heterocycles. The number of allylic oxidation sites excluding steroid dienone is 1. The van der Waals surface area contributed by atoms with Crippen molar-refractivity contribution in [1.29, 1.82) is 0 Å². The average Bonchev–Trinajstić information content (AvgIpc) is 2.01. The second-order valence-electron chi connectivity index (χ2n) is 2.74. The van der Waals surface area contributed by atoms with Crippen molar-refractivity contribution in [2.75, 3.05) is 7.05 Å². The lowest BCUT2D eigenvalue weighted by atomic mass is 9.98. The summed E-state index contributed by atoms with van der Waals surface area (Å²) in [6.07, 6.45) is 2.51. The maximum Gasteiger partial charge on any atom is 0.223 e. The van der Waals surface area contributed by atoms with Crippen LogP contribution in [0.15, 0.2) is 12.7 Å². The van der Waals surface area contributed by atoms with Crippen molar-refractivity contribution in [3.63, 3.8) is 0 Å². The summed E-state index contributed by atoms with van der Waals surface area (Å²) in [6, 6.07) is 0. The van der Waals surface area contributed by atoms with E-state index in [0.717, 1.165) is 0 Å². The Hall–Kier alpha value is -1.12. The molecule has 0 bridgehead atoms. The molecular formula is C9H15NO2. The molecule has 0 aromatic heterocycles. The molecule has 1 N–H and O–H groups in total. The van der Waals surface area contributed by atoms with Gasteiger partial charge in [0.05, 0.1) is 0 Å². The van der Waals surface area contributed by atoms with E-state index in [2.05, 4.69) is 11.9 Å². The van der Waals surface area contributed by atoms with Gasteiger partial charge in [-0.15, -0.1) is 6.58 Å². The molecule has 0 aliphatic carbocycles. The van der Waals surface area contributed by atoms with Gasteiger partial charge < -0.3 is 10.1 Å². The summed E-state index contributed by atoms with van der Waals surface area (Å²) in [6.45, 7) is 5.02. The molecule has 0 rings (SSSR count). The third-order valence-corrected chi connectivity index (χ3v) is 1.60. The zero-order chi connectivity index (χ0) is 9.56. The molecule has 12 heavy (non-hydrogen) atoms. The van der Waals surface area contributed by atoms with Crippen LogP contribution < -0.4 is 5.32 Å². The highest BCUT2D eigenvalue weighted by Crippen LogP contribution is 2.09. The molecule has 0 aromatic rings. The lowest BCUT2D eigenvalue weighted by Crippen LogP contribution is -2.28. The van der Waals surface area contributed by atoms with Crippen LogP contribution in [0.1, 0.15) is 19.8 Å². The minimum atomic E-state index is -0.245. The first kappa shape index (κ1) is 10.9. The van der Waals surface area contributed by atoms with Gasteiger partial charge in [-0.25, -0.2) is 0 Å². The number of amides is 1. The zero-order valence-corrected chi connectivity index (χ0v) is 7.59. The van der Waals surface area contributed by atoms with Crippen LogP contribution in [0.3, 0.4) is 0 Å². The molecule has 0 saturated carbocycles. The fourth-order valence-electron chi connectivity index (χ4n) is 1.04. The number of nitrogens with one attached hydrogen (secondary N) is 1. The lowest BCUT2D eigenvalue weighted by molar-refractivity contribution is -0.128. The van der Waals surface area contributed by atoms with Crippen molar-refractivity contribution in [2.24, 2.45) is 5.92 Å². The first-order chi connectivity index (χ1) is 5.61. The Bertz CT molecular complexity index is 187. The Morgan fingerprint density at radius 1 is 1.58 bits per heavy atom. The van der Waals surface area contributed by atoms with E-state index >= 15 is 0 Å². The molecule has 0 aliphatic rings. The molecule has 0 radical (unpaired) electrons. The number of hydrogen-bond acceptors (Lipinski definition) is 2. The third kappa shape index (κ3) is 3.91. The Balaban J connectivity index is 4.11. The smallest absolute Gasteiger partial charge is 0.223 e. The predicted octanol–water partition coefficient (Wildman–Crippen LogP) is 0.904. The fraction of sp³-hybridized carbons (Fsp3) is 0.556. The van der Waals surface area contributed by atoms with Crippen molar-refractivity contribution >= 4 is 11.7 Å². The lowest BCUT2D eigenvalue weighted by Gasteiger charge is -2.10. The number of Topliss-reactive ketones (excluding diaryl/α,β-unsaturated/α-hetero) is 1. The first-order valence-corrected chi connectivity index (χ1v) is 3.93. The highest BCUT2D eigenvalue weighted by atomic mass is 16.2. The van der Waals surface area contributed by atoms with Crippen molar-refractivity contribution in [2.45, 2.75) is 19.8 Å². The Morgan fingerprint density at radius 2 is 2.17 bits per heavy atom. The second kappa shape index (κ2) is 5.52. The molecule has 3 nitrogen and oxygen atoms in total. The minimum absolute atomic E-state index is 0.0328. The molecule has 1 amide bonds. The highest BCUT2D eigenvalue weighted by molar-refractivity contribution is 5.85. The van der Waals surface area contributed by atoms with Gasteiger partial charge in [0.25, 0.3) is 0 Å². The van der Waals surface area contributed by atoms with Crippen LogP contribution in [0.2, 0.25) is 0 Å². The monoisotopic (exact) mass is 169 g/mol. The van der Waals surface area contributed by atoms with Crippen LogP contribution in [0.25, 0.3) is 0 Å². The molecule has 0 fully saturated rings. The number of hydrogen-bond donors (Lipinski definition) is 1. The first-order valence-electron chi connectivity index (χ1n) is 3.93. The summed E-state index contributed by atoms with van der Waals surface area (Å²) >= 11 is 0. The van der Waals surface area contributed by atoms with Crippen LogP contribution in [0.4, 0.5) is 0 Å². The number of rotatable bonds is 5. The summed E-state index contributed by atoms with van der Waals surface area (Å²) in [4.78, 5) is 21.9. The van der Waals surface area contributed by atoms with E-state index in [0.29, 0.717) is 12.8 Å². The van der Waals surface area contributed by atoms with Gasteiger partial charge >= 0.3 is 0 Å². The van der Waals surface area contributed by atoms with Crippen LogP contribution >= 0.6 is 0 Å². The summed E-state index contributed by atoms with van der Waals surface area (Å²) < 4.78 is 0. The molecule has 0 saturated heterocycles. The largest absolute Gasteiger partial charge is 0.359 e. The van der Waals surface area contributed by atoms with Crippen LogP contribution in [0.5, 0.6) is 0 Å². The van der Waals surface area contributed by atoms with Crippen molar-refractivity contribution in [1.82, 2.24) is 5.32 Å². The maximum absolute atomic E-state index is 11.1. The Labute approximate surface area is 72.8 Å². The van der Waals surface area contributed by atoms with Crippen LogP contribution in [-0.4, -0.2) is 18.7 Å². The van der Waals surface area contributed by atoms with Crippen molar-refractivity contribution in [3.05, 3.63) is 12.7 Å². The van der Waals surface area contributed by atoms with E-state index in [1.165, 1.54) is 6.92 Å². The normalized spacial score (nSPS) is 11.8. The minimum Gasteiger partial charge on any atom is -0.359 e. The summed E-state index contributed by atoms with van der Waals surface area (Å²) in [5.74, 6) is -0.305. The molecule has 1 unspecified atom stereocenters. The number of carbonyl (C=O) groups is 2. The van der Waals surface area contributed by atoms with Crippen molar-refractivity contribution in [3.8, 4) is 0 Å². The molecule has 68 valence electrons. The van der Waals surface area contributed by atoms with E-state index in [1.807, 2.05) is 0 Å². The molecule has 0 spiro atoms. The predicted molar refractivity (Wildman–Crippen MR) is 47.7 cm³/mol. The van der Waals surface area contributed by atoms with Crippen LogP contribution in [0, 0.1) is 5.92 Å². The van der Waals surface area contributed by atoms with Gasteiger partial charge in [-0.3, -0.25) is 4.79 Å². The van der Waals surface area contributed by atoms with Crippen LogP contribution in [-0.2, 0) is 9.59 Å². The fourth-order valence-corrected chi connectivity index (χ4v) is 1.04. The average molecular weight is 169 g/mol.